The monoisotopic (exact) mass is 659 g/mol. The van der Waals surface area contributed by atoms with Crippen LogP contribution in [0.3, 0.4) is 0 Å². The first-order chi connectivity index (χ1) is 23.4. The largest absolute Gasteiger partial charge is 0.497 e. The molecule has 0 aromatic heterocycles. The van der Waals surface area contributed by atoms with Crippen LogP contribution in [-0.4, -0.2) is 84.7 Å². The molecule has 0 aliphatic heterocycles. The number of aliphatic hydroxyl groups is 1. The number of hydrogen-bond donors (Lipinski definition) is 2. The highest BCUT2D eigenvalue weighted by atomic mass is 16.6. The summed E-state index contributed by atoms with van der Waals surface area (Å²) in [5, 5.41) is 10.9. The summed E-state index contributed by atoms with van der Waals surface area (Å²) in [4.78, 5) is 11.7. The van der Waals surface area contributed by atoms with Crippen molar-refractivity contribution in [2.75, 3.05) is 67.6 Å². The molecular weight excluding hydrogens is 614 g/mol. The lowest BCUT2D eigenvalue weighted by atomic mass is 9.80. The molecule has 3 N–H and O–H groups in total. The maximum atomic E-state index is 11.7. The van der Waals surface area contributed by atoms with Crippen LogP contribution in [0.25, 0.3) is 0 Å². The van der Waals surface area contributed by atoms with E-state index < -0.39 is 17.6 Å². The number of hydrogen-bond acceptors (Lipinski definition) is 9. The number of rotatable bonds is 21. The number of carbonyl (C=O) groups excluding carboxylic acids is 1. The van der Waals surface area contributed by atoms with Gasteiger partial charge >= 0.3 is 0 Å². The second kappa shape index (κ2) is 18.8. The van der Waals surface area contributed by atoms with Gasteiger partial charge in [-0.25, -0.2) is 0 Å². The molecular formula is C38H45NO9. The molecule has 0 fully saturated rings. The van der Waals surface area contributed by atoms with E-state index in [1.807, 2.05) is 78.9 Å². The number of aliphatic hydroxyl groups excluding tert-OH is 1. The van der Waals surface area contributed by atoms with Gasteiger partial charge in [-0.05, 0) is 71.1 Å². The highest BCUT2D eigenvalue weighted by Crippen LogP contribution is 2.41. The summed E-state index contributed by atoms with van der Waals surface area (Å²) >= 11 is 0. The molecule has 4 rings (SSSR count). The van der Waals surface area contributed by atoms with E-state index in [-0.39, 0.29) is 13.2 Å². The lowest BCUT2D eigenvalue weighted by molar-refractivity contribution is -0.0700. The zero-order chi connectivity index (χ0) is 34.2. The third kappa shape index (κ3) is 9.79. The quantitative estimate of drug-likeness (QED) is 0.0960. The van der Waals surface area contributed by atoms with Gasteiger partial charge in [0.2, 0.25) is 5.91 Å². The molecule has 4 aromatic carbocycles. The van der Waals surface area contributed by atoms with Crippen molar-refractivity contribution in [3.63, 3.8) is 0 Å². The minimum atomic E-state index is -1.03. The maximum absolute atomic E-state index is 11.7. The number of ether oxygens (including phenoxy) is 7. The second-order valence-corrected chi connectivity index (χ2v) is 10.9. The van der Waals surface area contributed by atoms with Gasteiger partial charge in [-0.2, -0.15) is 0 Å². The third-order valence-electron chi connectivity index (χ3n) is 7.81. The van der Waals surface area contributed by atoms with Crippen molar-refractivity contribution in [3.8, 4) is 17.2 Å². The molecule has 10 heteroatoms. The zero-order valence-electron chi connectivity index (χ0n) is 27.8. The van der Waals surface area contributed by atoms with E-state index in [0.29, 0.717) is 50.8 Å². The molecule has 0 saturated heterocycles. The predicted molar refractivity (Wildman–Crippen MR) is 182 cm³/mol. The Morgan fingerprint density at radius 3 is 1.69 bits per heavy atom. The van der Waals surface area contributed by atoms with Gasteiger partial charge in [-0.15, -0.1) is 0 Å². The zero-order valence-corrected chi connectivity index (χ0v) is 27.8. The summed E-state index contributed by atoms with van der Waals surface area (Å²) < 4.78 is 39.7. The first kappa shape index (κ1) is 36.4. The predicted octanol–water partition coefficient (Wildman–Crippen LogP) is 4.77. The van der Waals surface area contributed by atoms with Gasteiger partial charge in [-0.1, -0.05) is 54.6 Å². The van der Waals surface area contributed by atoms with Crippen molar-refractivity contribution in [1.29, 1.82) is 0 Å². The fourth-order valence-electron chi connectivity index (χ4n) is 5.33. The molecule has 1 amide bonds. The SMILES string of the molecule is COc1ccc(C(OCC(O)COCCOCCOCCc2cc(OC)ccc2C(N)=O)(c2ccccc2)c2ccc(OC)cc2)cc1. The van der Waals surface area contributed by atoms with Gasteiger partial charge in [0.1, 0.15) is 29.0 Å². The first-order valence-corrected chi connectivity index (χ1v) is 15.8. The Labute approximate surface area is 282 Å². The molecule has 0 radical (unpaired) electrons. The Bertz CT molecular complexity index is 1480. The van der Waals surface area contributed by atoms with Crippen LogP contribution in [-0.2, 0) is 31.0 Å². The van der Waals surface area contributed by atoms with Crippen LogP contribution in [0.1, 0.15) is 32.6 Å². The molecule has 4 aromatic rings. The van der Waals surface area contributed by atoms with Crippen LogP contribution in [0.15, 0.2) is 97.1 Å². The Morgan fingerprint density at radius 2 is 1.15 bits per heavy atom. The normalized spacial score (nSPS) is 12.0. The molecule has 0 saturated carbocycles. The summed E-state index contributed by atoms with van der Waals surface area (Å²) in [5.74, 6) is 1.62. The summed E-state index contributed by atoms with van der Waals surface area (Å²) in [6.45, 7) is 1.86. The number of nitrogens with two attached hydrogens (primary N) is 1. The number of carbonyl (C=O) groups is 1. The first-order valence-electron chi connectivity index (χ1n) is 15.8. The van der Waals surface area contributed by atoms with Crippen molar-refractivity contribution in [2.24, 2.45) is 5.73 Å². The van der Waals surface area contributed by atoms with Gasteiger partial charge in [0.15, 0.2) is 0 Å². The smallest absolute Gasteiger partial charge is 0.248 e. The molecule has 1 unspecified atom stereocenters. The molecule has 0 spiro atoms. The summed E-state index contributed by atoms with van der Waals surface area (Å²) in [6, 6.07) is 30.5. The molecule has 256 valence electrons. The van der Waals surface area contributed by atoms with Crippen LogP contribution < -0.4 is 19.9 Å². The summed E-state index contributed by atoms with van der Waals surface area (Å²) in [5.41, 5.74) is 8.32. The van der Waals surface area contributed by atoms with Crippen LogP contribution in [0.4, 0.5) is 0 Å². The van der Waals surface area contributed by atoms with Crippen molar-refractivity contribution >= 4 is 5.91 Å². The van der Waals surface area contributed by atoms with Crippen LogP contribution in [0.5, 0.6) is 17.2 Å². The highest BCUT2D eigenvalue weighted by molar-refractivity contribution is 5.94. The van der Waals surface area contributed by atoms with E-state index in [0.717, 1.165) is 33.8 Å². The molecule has 0 aliphatic carbocycles. The number of benzene rings is 4. The standard InChI is InChI=1S/C38H45NO9/c1-42-33-13-9-30(10-14-33)38(29-7-5-4-6-8-29,31-11-15-34(43-2)16-12-31)48-27-32(40)26-47-24-23-46-22-21-45-20-19-28-25-35(44-3)17-18-36(28)37(39)41/h4-18,25,32,40H,19-24,26-27H2,1-3H3,(H2,39,41). The van der Waals surface area contributed by atoms with E-state index in [1.54, 1.807) is 39.5 Å². The lowest BCUT2D eigenvalue weighted by Crippen LogP contribution is -2.36. The number of primary amides is 1. The van der Waals surface area contributed by atoms with Crippen molar-refractivity contribution in [3.05, 3.63) is 125 Å². The van der Waals surface area contributed by atoms with Gasteiger partial charge < -0.3 is 44.0 Å². The van der Waals surface area contributed by atoms with E-state index >= 15 is 0 Å². The summed E-state index contributed by atoms with van der Waals surface area (Å²) in [6.07, 6.45) is -0.379. The number of amides is 1. The minimum absolute atomic E-state index is 0.00636. The third-order valence-corrected chi connectivity index (χ3v) is 7.81. The van der Waals surface area contributed by atoms with E-state index in [4.69, 9.17) is 38.9 Å². The summed E-state index contributed by atoms with van der Waals surface area (Å²) in [7, 11) is 4.82. The van der Waals surface area contributed by atoms with Gasteiger partial charge in [-0.3, -0.25) is 4.79 Å². The van der Waals surface area contributed by atoms with E-state index in [2.05, 4.69) is 0 Å². The molecule has 1 atom stereocenters. The van der Waals surface area contributed by atoms with Crippen molar-refractivity contribution in [1.82, 2.24) is 0 Å². The maximum Gasteiger partial charge on any atom is 0.248 e. The van der Waals surface area contributed by atoms with Crippen molar-refractivity contribution < 1.29 is 43.1 Å². The average Bonchev–Trinajstić information content (AvgIpc) is 3.13. The fraction of sp³-hybridized carbons (Fsp3) is 0.342. The van der Waals surface area contributed by atoms with Crippen molar-refractivity contribution in [2.45, 2.75) is 18.1 Å². The molecule has 10 nitrogen and oxygen atoms in total. The lowest BCUT2D eigenvalue weighted by Gasteiger charge is -2.36. The van der Waals surface area contributed by atoms with Crippen LogP contribution >= 0.6 is 0 Å². The molecule has 0 bridgehead atoms. The van der Waals surface area contributed by atoms with E-state index in [9.17, 15) is 9.90 Å². The topological polar surface area (TPSA) is 128 Å². The second-order valence-electron chi connectivity index (χ2n) is 10.9. The van der Waals surface area contributed by atoms with Gasteiger partial charge in [0.25, 0.3) is 0 Å². The Morgan fingerprint density at radius 1 is 0.646 bits per heavy atom. The van der Waals surface area contributed by atoms with E-state index in [1.165, 1.54) is 0 Å². The van der Waals surface area contributed by atoms with Crippen LogP contribution in [0, 0.1) is 0 Å². The fourth-order valence-corrected chi connectivity index (χ4v) is 5.33. The molecule has 0 aliphatic rings. The Hall–Kier alpha value is -4.45. The highest BCUT2D eigenvalue weighted by Gasteiger charge is 2.38. The molecule has 48 heavy (non-hydrogen) atoms. The average molecular weight is 660 g/mol. The Kier molecular flexibility index (Phi) is 14.2. The van der Waals surface area contributed by atoms with Gasteiger partial charge in [0, 0.05) is 5.56 Å². The Balaban J connectivity index is 1.27. The minimum Gasteiger partial charge on any atom is -0.497 e. The van der Waals surface area contributed by atoms with Crippen LogP contribution in [0.2, 0.25) is 0 Å². The van der Waals surface area contributed by atoms with Gasteiger partial charge in [0.05, 0.1) is 67.6 Å². The number of methoxy groups -OCH3 is 3. The molecule has 0 heterocycles.